The molecule has 1 N–H and O–H groups in total. The zero-order valence-corrected chi connectivity index (χ0v) is 5.09. The van der Waals surface area contributed by atoms with Gasteiger partial charge in [0.25, 0.3) is 0 Å². The quantitative estimate of drug-likeness (QED) is 0.538. The van der Waals surface area contributed by atoms with Crippen LogP contribution in [0.2, 0.25) is 0 Å². The minimum atomic E-state index is 1.62. The fourth-order valence-corrected chi connectivity index (χ4v) is 0.215. The van der Waals surface area contributed by atoms with Crippen molar-refractivity contribution in [3.63, 3.8) is 0 Å². The molecule has 3 nitrogen and oxygen atoms in total. The fraction of sp³-hybridized carbons (Fsp3) is 0.400. The lowest BCUT2D eigenvalue weighted by Gasteiger charge is -1.61. The number of imidazole rings is 1. The number of ether oxygens (including phenoxy) is 1. The highest BCUT2D eigenvalue weighted by Crippen LogP contribution is 1.62. The Morgan fingerprint density at radius 3 is 2.25 bits per heavy atom. The van der Waals surface area contributed by atoms with E-state index in [1.165, 1.54) is 0 Å². The molecule has 46 valence electrons. The van der Waals surface area contributed by atoms with Crippen molar-refractivity contribution in [1.29, 1.82) is 0 Å². The summed E-state index contributed by atoms with van der Waals surface area (Å²) in [7, 11) is 3.25. The van der Waals surface area contributed by atoms with Crippen molar-refractivity contribution in [2.75, 3.05) is 14.2 Å². The van der Waals surface area contributed by atoms with Gasteiger partial charge in [-0.25, -0.2) is 4.98 Å². The average molecular weight is 114 g/mol. The fourth-order valence-electron chi connectivity index (χ4n) is 0.215. The molecule has 0 bridgehead atoms. The first-order valence-electron chi connectivity index (χ1n) is 2.24. The molecular weight excluding hydrogens is 104 g/mol. The zero-order chi connectivity index (χ0) is 6.24. The summed E-state index contributed by atoms with van der Waals surface area (Å²) in [5.74, 6) is 0. The van der Waals surface area contributed by atoms with E-state index in [0.29, 0.717) is 0 Å². The van der Waals surface area contributed by atoms with E-state index in [-0.39, 0.29) is 0 Å². The smallest absolute Gasteiger partial charge is 0.0919 e. The predicted octanol–water partition coefficient (Wildman–Crippen LogP) is 0.672. The molecule has 0 radical (unpaired) electrons. The van der Waals surface area contributed by atoms with Crippen molar-refractivity contribution in [1.82, 2.24) is 9.97 Å². The topological polar surface area (TPSA) is 37.9 Å². The standard InChI is InChI=1S/C3H4N2.C2H6O/c1-2-5-3-4-1;1-3-2/h1-3H,(H,4,5);1-2H3. The summed E-state index contributed by atoms with van der Waals surface area (Å²) in [6, 6.07) is 0. The molecule has 1 heterocycles. The van der Waals surface area contributed by atoms with E-state index in [1.54, 1.807) is 32.9 Å². The maximum Gasteiger partial charge on any atom is 0.0919 e. The Bertz CT molecular complexity index is 77.3. The average Bonchev–Trinajstić information content (AvgIpc) is 2.17. The molecule has 8 heavy (non-hydrogen) atoms. The molecule has 0 saturated heterocycles. The van der Waals surface area contributed by atoms with E-state index in [9.17, 15) is 0 Å². The van der Waals surface area contributed by atoms with Crippen LogP contribution in [-0.4, -0.2) is 24.2 Å². The number of methoxy groups -OCH3 is 1. The van der Waals surface area contributed by atoms with E-state index in [0.717, 1.165) is 0 Å². The lowest BCUT2D eigenvalue weighted by Crippen LogP contribution is -1.55. The number of H-pyrrole nitrogens is 1. The number of aromatic nitrogens is 2. The highest BCUT2D eigenvalue weighted by molar-refractivity contribution is 4.64. The summed E-state index contributed by atoms with van der Waals surface area (Å²) in [5.41, 5.74) is 0. The molecule has 0 aliphatic heterocycles. The molecule has 0 unspecified atom stereocenters. The Morgan fingerprint density at radius 2 is 2.12 bits per heavy atom. The number of hydrogen-bond donors (Lipinski definition) is 1. The summed E-state index contributed by atoms with van der Waals surface area (Å²) >= 11 is 0. The second kappa shape index (κ2) is 6.17. The summed E-state index contributed by atoms with van der Waals surface area (Å²) in [5, 5.41) is 0. The number of hydrogen-bond acceptors (Lipinski definition) is 2. The van der Waals surface area contributed by atoms with E-state index in [4.69, 9.17) is 0 Å². The highest BCUT2D eigenvalue weighted by Gasteiger charge is 1.56. The van der Waals surface area contributed by atoms with Gasteiger partial charge in [0.05, 0.1) is 6.33 Å². The van der Waals surface area contributed by atoms with Gasteiger partial charge in [0.1, 0.15) is 0 Å². The summed E-state index contributed by atoms with van der Waals surface area (Å²) in [6.45, 7) is 0. The molecule has 0 fully saturated rings. The van der Waals surface area contributed by atoms with Crippen LogP contribution in [0.1, 0.15) is 0 Å². The monoisotopic (exact) mass is 114 g/mol. The molecule has 0 atom stereocenters. The lowest BCUT2D eigenvalue weighted by atomic mass is 11.0. The van der Waals surface area contributed by atoms with Crippen molar-refractivity contribution >= 4 is 0 Å². The molecule has 0 saturated carbocycles. The van der Waals surface area contributed by atoms with Crippen molar-refractivity contribution < 1.29 is 4.74 Å². The third-order valence-electron chi connectivity index (χ3n) is 0.406. The van der Waals surface area contributed by atoms with Crippen LogP contribution in [0.4, 0.5) is 0 Å². The normalized spacial score (nSPS) is 7.25. The van der Waals surface area contributed by atoms with Crippen molar-refractivity contribution in [2.45, 2.75) is 0 Å². The van der Waals surface area contributed by atoms with E-state index in [1.807, 2.05) is 0 Å². The summed E-state index contributed by atoms with van der Waals surface area (Å²) in [4.78, 5) is 6.42. The molecule has 1 aromatic rings. The Hall–Kier alpha value is -0.830. The SMILES string of the molecule is COC.c1c[nH]cn1. The van der Waals surface area contributed by atoms with Crippen LogP contribution in [0, 0.1) is 0 Å². The van der Waals surface area contributed by atoms with Crippen LogP contribution < -0.4 is 0 Å². The molecule has 0 spiro atoms. The van der Waals surface area contributed by atoms with Gasteiger partial charge in [-0.15, -0.1) is 0 Å². The van der Waals surface area contributed by atoms with Crippen molar-refractivity contribution in [2.24, 2.45) is 0 Å². The first-order chi connectivity index (χ1) is 3.91. The van der Waals surface area contributed by atoms with Crippen LogP contribution in [0.3, 0.4) is 0 Å². The molecule has 0 amide bonds. The predicted molar refractivity (Wildman–Crippen MR) is 31.5 cm³/mol. The largest absolute Gasteiger partial charge is 0.388 e. The number of rotatable bonds is 0. The molecular formula is C5H10N2O. The van der Waals surface area contributed by atoms with Crippen molar-refractivity contribution in [3.8, 4) is 0 Å². The van der Waals surface area contributed by atoms with Crippen LogP contribution in [0.25, 0.3) is 0 Å². The third kappa shape index (κ3) is 5.17. The Labute approximate surface area is 48.7 Å². The van der Waals surface area contributed by atoms with E-state index < -0.39 is 0 Å². The second-order valence-corrected chi connectivity index (χ2v) is 1.17. The Balaban J connectivity index is 0.000000145. The molecule has 1 rings (SSSR count). The Kier molecular flexibility index (Phi) is 5.53. The third-order valence-corrected chi connectivity index (χ3v) is 0.406. The van der Waals surface area contributed by atoms with Crippen LogP contribution >= 0.6 is 0 Å². The van der Waals surface area contributed by atoms with Crippen LogP contribution in [0.15, 0.2) is 18.7 Å². The molecule has 3 heteroatoms. The van der Waals surface area contributed by atoms with Gasteiger partial charge < -0.3 is 9.72 Å². The number of aromatic amines is 1. The number of nitrogens with zero attached hydrogens (tertiary/aromatic N) is 1. The molecule has 1 aromatic heterocycles. The molecule has 0 aliphatic rings. The van der Waals surface area contributed by atoms with Gasteiger partial charge >= 0.3 is 0 Å². The summed E-state index contributed by atoms with van der Waals surface area (Å²) in [6.07, 6.45) is 5.08. The van der Waals surface area contributed by atoms with Gasteiger partial charge in [-0.3, -0.25) is 0 Å². The van der Waals surface area contributed by atoms with E-state index in [2.05, 4.69) is 14.7 Å². The van der Waals surface area contributed by atoms with Crippen molar-refractivity contribution in [3.05, 3.63) is 18.7 Å². The van der Waals surface area contributed by atoms with Gasteiger partial charge in [-0.2, -0.15) is 0 Å². The first kappa shape index (κ1) is 7.17. The summed E-state index contributed by atoms with van der Waals surface area (Å²) < 4.78 is 4.25. The first-order valence-corrected chi connectivity index (χ1v) is 2.24. The van der Waals surface area contributed by atoms with Gasteiger partial charge in [0, 0.05) is 26.6 Å². The maximum absolute atomic E-state index is 4.25. The Morgan fingerprint density at radius 1 is 1.50 bits per heavy atom. The van der Waals surface area contributed by atoms with Gasteiger partial charge in [0.15, 0.2) is 0 Å². The van der Waals surface area contributed by atoms with Crippen LogP contribution in [-0.2, 0) is 4.74 Å². The molecule has 0 aliphatic carbocycles. The van der Waals surface area contributed by atoms with Crippen LogP contribution in [0.5, 0.6) is 0 Å². The van der Waals surface area contributed by atoms with Gasteiger partial charge in [0.2, 0.25) is 0 Å². The molecule has 0 aromatic carbocycles. The van der Waals surface area contributed by atoms with Gasteiger partial charge in [-0.1, -0.05) is 0 Å². The minimum absolute atomic E-state index is 1.62. The minimum Gasteiger partial charge on any atom is -0.388 e. The zero-order valence-electron chi connectivity index (χ0n) is 5.09. The number of nitrogens with one attached hydrogen (secondary N) is 1. The second-order valence-electron chi connectivity index (χ2n) is 1.17. The maximum atomic E-state index is 4.25. The van der Waals surface area contributed by atoms with E-state index >= 15 is 0 Å². The highest BCUT2D eigenvalue weighted by atomic mass is 16.4. The lowest BCUT2D eigenvalue weighted by molar-refractivity contribution is 0.277. The van der Waals surface area contributed by atoms with Gasteiger partial charge in [-0.05, 0) is 0 Å².